The molecule has 18 heavy (non-hydrogen) atoms. The minimum Gasteiger partial charge on any atom is -0.480 e. The minimum absolute atomic E-state index is 0.335. The zero-order chi connectivity index (χ0) is 13.2. The number of aliphatic carboxylic acids is 1. The van der Waals surface area contributed by atoms with E-state index in [0.29, 0.717) is 31.2 Å². The van der Waals surface area contributed by atoms with E-state index in [0.717, 1.165) is 12.8 Å². The fourth-order valence-electron chi connectivity index (χ4n) is 2.73. The molecule has 2 aliphatic carbocycles. The Hall–Kier alpha value is -1.26. The van der Waals surface area contributed by atoms with Crippen molar-refractivity contribution in [3.63, 3.8) is 0 Å². The summed E-state index contributed by atoms with van der Waals surface area (Å²) in [5, 5.41) is 14.9. The highest BCUT2D eigenvalue weighted by Gasteiger charge is 2.43. The first-order chi connectivity index (χ1) is 8.52. The SMILES string of the molecule is CC1CCCC(NC(=O)NCC2CC2)(C(=O)O)C1. The third kappa shape index (κ3) is 3.15. The molecule has 2 amide bonds. The molecular formula is C13H22N2O3. The van der Waals surface area contributed by atoms with E-state index in [9.17, 15) is 14.7 Å². The molecule has 0 bridgehead atoms. The van der Waals surface area contributed by atoms with Crippen LogP contribution in [0.15, 0.2) is 0 Å². The van der Waals surface area contributed by atoms with Gasteiger partial charge >= 0.3 is 12.0 Å². The van der Waals surface area contributed by atoms with Gasteiger partial charge in [0.05, 0.1) is 0 Å². The average molecular weight is 254 g/mol. The molecule has 2 aliphatic rings. The molecule has 2 fully saturated rings. The van der Waals surface area contributed by atoms with Crippen LogP contribution in [-0.4, -0.2) is 29.2 Å². The van der Waals surface area contributed by atoms with Gasteiger partial charge in [-0.15, -0.1) is 0 Å². The van der Waals surface area contributed by atoms with Crippen molar-refractivity contribution in [2.24, 2.45) is 11.8 Å². The summed E-state index contributed by atoms with van der Waals surface area (Å²) in [5.74, 6) is 0.0380. The van der Waals surface area contributed by atoms with E-state index in [1.54, 1.807) is 0 Å². The molecule has 0 heterocycles. The first kappa shape index (κ1) is 13.2. The lowest BCUT2D eigenvalue weighted by Gasteiger charge is -2.37. The maximum atomic E-state index is 11.8. The standard InChI is InChI=1S/C13H22N2O3/c1-9-3-2-6-13(7-9,11(16)17)15-12(18)14-8-10-4-5-10/h9-10H,2-8H2,1H3,(H,16,17)(H2,14,15,18). The van der Waals surface area contributed by atoms with Gasteiger partial charge in [-0.3, -0.25) is 0 Å². The Bertz CT molecular complexity index is 341. The second-order valence-corrected chi connectivity index (χ2v) is 5.87. The van der Waals surface area contributed by atoms with Crippen LogP contribution in [0, 0.1) is 11.8 Å². The van der Waals surface area contributed by atoms with E-state index in [1.807, 2.05) is 6.92 Å². The van der Waals surface area contributed by atoms with Crippen molar-refractivity contribution in [1.29, 1.82) is 0 Å². The molecule has 2 rings (SSSR count). The van der Waals surface area contributed by atoms with Crippen molar-refractivity contribution < 1.29 is 14.7 Å². The molecule has 2 atom stereocenters. The Morgan fingerprint density at radius 1 is 1.33 bits per heavy atom. The van der Waals surface area contributed by atoms with Crippen molar-refractivity contribution >= 4 is 12.0 Å². The highest BCUT2D eigenvalue weighted by Crippen LogP contribution is 2.32. The summed E-state index contributed by atoms with van der Waals surface area (Å²) in [6.07, 6.45) is 5.29. The molecule has 0 aromatic rings. The molecule has 0 radical (unpaired) electrons. The monoisotopic (exact) mass is 254 g/mol. The quantitative estimate of drug-likeness (QED) is 0.715. The largest absolute Gasteiger partial charge is 0.480 e. The highest BCUT2D eigenvalue weighted by atomic mass is 16.4. The van der Waals surface area contributed by atoms with Crippen LogP contribution in [0.2, 0.25) is 0 Å². The van der Waals surface area contributed by atoms with Gasteiger partial charge in [0.1, 0.15) is 5.54 Å². The summed E-state index contributed by atoms with van der Waals surface area (Å²) in [6, 6.07) is -0.335. The number of carboxylic acids is 1. The number of hydrogen-bond acceptors (Lipinski definition) is 2. The van der Waals surface area contributed by atoms with E-state index in [1.165, 1.54) is 12.8 Å². The van der Waals surface area contributed by atoms with Gasteiger partial charge in [-0.25, -0.2) is 9.59 Å². The van der Waals surface area contributed by atoms with Gasteiger partial charge in [0.2, 0.25) is 0 Å². The predicted molar refractivity (Wildman–Crippen MR) is 67.3 cm³/mol. The van der Waals surface area contributed by atoms with E-state index in [-0.39, 0.29) is 6.03 Å². The van der Waals surface area contributed by atoms with Crippen molar-refractivity contribution in [3.05, 3.63) is 0 Å². The van der Waals surface area contributed by atoms with Gasteiger partial charge in [0, 0.05) is 6.54 Å². The van der Waals surface area contributed by atoms with Crippen molar-refractivity contribution in [1.82, 2.24) is 10.6 Å². The lowest BCUT2D eigenvalue weighted by Crippen LogP contribution is -2.59. The first-order valence-electron chi connectivity index (χ1n) is 6.81. The summed E-state index contributed by atoms with van der Waals surface area (Å²) in [6.45, 7) is 2.71. The van der Waals surface area contributed by atoms with E-state index in [2.05, 4.69) is 10.6 Å². The number of nitrogens with one attached hydrogen (secondary N) is 2. The summed E-state index contributed by atoms with van der Waals surface area (Å²) >= 11 is 0. The summed E-state index contributed by atoms with van der Waals surface area (Å²) in [5.41, 5.74) is -1.06. The normalized spacial score (nSPS) is 31.7. The van der Waals surface area contributed by atoms with Gasteiger partial charge < -0.3 is 15.7 Å². The Kier molecular flexibility index (Phi) is 3.78. The second-order valence-electron chi connectivity index (χ2n) is 5.87. The molecule has 102 valence electrons. The Balaban J connectivity index is 1.91. The lowest BCUT2D eigenvalue weighted by atomic mass is 9.76. The maximum Gasteiger partial charge on any atom is 0.329 e. The third-order valence-electron chi connectivity index (χ3n) is 4.01. The van der Waals surface area contributed by atoms with Gasteiger partial charge in [0.25, 0.3) is 0 Å². The van der Waals surface area contributed by atoms with Crippen LogP contribution in [0.25, 0.3) is 0 Å². The summed E-state index contributed by atoms with van der Waals surface area (Å²) in [7, 11) is 0. The lowest BCUT2D eigenvalue weighted by molar-refractivity contribution is -0.146. The Labute approximate surface area is 107 Å². The molecule has 2 saturated carbocycles. The average Bonchev–Trinajstić information content (AvgIpc) is 3.10. The first-order valence-corrected chi connectivity index (χ1v) is 6.81. The van der Waals surface area contributed by atoms with Gasteiger partial charge in [-0.1, -0.05) is 19.8 Å². The zero-order valence-corrected chi connectivity index (χ0v) is 10.9. The van der Waals surface area contributed by atoms with Crippen LogP contribution >= 0.6 is 0 Å². The molecule has 0 aliphatic heterocycles. The zero-order valence-electron chi connectivity index (χ0n) is 10.9. The molecule has 2 unspecified atom stereocenters. The van der Waals surface area contributed by atoms with Crippen LogP contribution in [0.3, 0.4) is 0 Å². The maximum absolute atomic E-state index is 11.8. The third-order valence-corrected chi connectivity index (χ3v) is 4.01. The van der Waals surface area contributed by atoms with E-state index in [4.69, 9.17) is 0 Å². The van der Waals surface area contributed by atoms with Crippen LogP contribution in [-0.2, 0) is 4.79 Å². The number of hydrogen-bond donors (Lipinski definition) is 3. The van der Waals surface area contributed by atoms with E-state index >= 15 is 0 Å². The molecule has 0 saturated heterocycles. The number of urea groups is 1. The topological polar surface area (TPSA) is 78.4 Å². The Morgan fingerprint density at radius 3 is 2.61 bits per heavy atom. The van der Waals surface area contributed by atoms with E-state index < -0.39 is 11.5 Å². The Morgan fingerprint density at radius 2 is 2.06 bits per heavy atom. The van der Waals surface area contributed by atoms with Crippen LogP contribution in [0.1, 0.15) is 45.4 Å². The van der Waals surface area contributed by atoms with Gasteiger partial charge in [-0.05, 0) is 37.5 Å². The number of carboxylic acid groups (broad SMARTS) is 1. The fraction of sp³-hybridized carbons (Fsp3) is 0.846. The predicted octanol–water partition coefficient (Wildman–Crippen LogP) is 1.73. The molecule has 3 N–H and O–H groups in total. The van der Waals surface area contributed by atoms with Crippen LogP contribution < -0.4 is 10.6 Å². The molecule has 0 spiro atoms. The van der Waals surface area contributed by atoms with Gasteiger partial charge in [0.15, 0.2) is 0 Å². The molecule has 5 nitrogen and oxygen atoms in total. The number of amides is 2. The highest BCUT2D eigenvalue weighted by molar-refractivity contribution is 5.86. The fourth-order valence-corrected chi connectivity index (χ4v) is 2.73. The van der Waals surface area contributed by atoms with Crippen molar-refractivity contribution in [2.45, 2.75) is 51.0 Å². The minimum atomic E-state index is -1.06. The second kappa shape index (κ2) is 5.16. The van der Waals surface area contributed by atoms with Crippen LogP contribution in [0.4, 0.5) is 4.79 Å². The summed E-state index contributed by atoms with van der Waals surface area (Å²) < 4.78 is 0. The molecule has 0 aromatic heterocycles. The number of rotatable bonds is 4. The van der Waals surface area contributed by atoms with Gasteiger partial charge in [-0.2, -0.15) is 0 Å². The van der Waals surface area contributed by atoms with Crippen molar-refractivity contribution in [2.75, 3.05) is 6.54 Å². The van der Waals surface area contributed by atoms with Crippen LogP contribution in [0.5, 0.6) is 0 Å². The molecule has 0 aromatic carbocycles. The number of carbonyl (C=O) groups is 2. The number of carbonyl (C=O) groups excluding carboxylic acids is 1. The van der Waals surface area contributed by atoms with Crippen molar-refractivity contribution in [3.8, 4) is 0 Å². The smallest absolute Gasteiger partial charge is 0.329 e. The molecule has 5 heteroatoms. The molecular weight excluding hydrogens is 232 g/mol. The summed E-state index contributed by atoms with van der Waals surface area (Å²) in [4.78, 5) is 23.2.